The maximum Gasteiger partial charge on any atom is 0.237 e. The Kier molecular flexibility index (Phi) is 3.31. The Bertz CT molecular complexity index is 469. The van der Waals surface area contributed by atoms with Crippen LogP contribution in [0.5, 0.6) is 0 Å². The fourth-order valence-electron chi connectivity index (χ4n) is 2.64. The van der Waals surface area contributed by atoms with Crippen LogP contribution in [-0.4, -0.2) is 31.3 Å². The molecule has 1 atom stereocenters. The number of anilines is 1. The van der Waals surface area contributed by atoms with E-state index in [-0.39, 0.29) is 5.91 Å². The molecule has 3 rings (SSSR count). The van der Waals surface area contributed by atoms with Gasteiger partial charge in [-0.3, -0.25) is 4.79 Å². The molecule has 1 aromatic rings. The van der Waals surface area contributed by atoms with Crippen molar-refractivity contribution in [1.29, 1.82) is 0 Å². The lowest BCUT2D eigenvalue weighted by Crippen LogP contribution is -2.39. The van der Waals surface area contributed by atoms with Crippen molar-refractivity contribution in [3.8, 4) is 0 Å². The molecule has 1 N–H and O–H groups in total. The summed E-state index contributed by atoms with van der Waals surface area (Å²) in [6.07, 6.45) is 1.18. The number of benzene rings is 1. The summed E-state index contributed by atoms with van der Waals surface area (Å²) in [7, 11) is 0. The lowest BCUT2D eigenvalue weighted by Gasteiger charge is -2.31. The fraction of sp³-hybridized carbons (Fsp3) is 0.500. The van der Waals surface area contributed by atoms with Crippen LogP contribution in [0.1, 0.15) is 12.0 Å². The van der Waals surface area contributed by atoms with Crippen molar-refractivity contribution in [2.24, 2.45) is 5.92 Å². The summed E-state index contributed by atoms with van der Waals surface area (Å²) >= 11 is 1.67. The average molecular weight is 262 g/mol. The first-order chi connectivity index (χ1) is 8.74. The number of aryl methyl sites for hydroxylation is 1. The molecule has 0 radical (unpaired) electrons. The first kappa shape index (κ1) is 12.1. The zero-order valence-corrected chi connectivity index (χ0v) is 11.4. The standard InChI is InChI=1S/C14H18N2OS/c1-10-2-3-12-13(6-10)18-9-14(17)16(12)8-11-4-5-15-7-11/h2-3,6,11,15H,4-5,7-9H2,1H3/t11-/m1/s1. The van der Waals surface area contributed by atoms with E-state index in [0.29, 0.717) is 11.7 Å². The van der Waals surface area contributed by atoms with Crippen LogP contribution in [0.15, 0.2) is 23.1 Å². The van der Waals surface area contributed by atoms with Gasteiger partial charge >= 0.3 is 0 Å². The second kappa shape index (κ2) is 4.94. The lowest BCUT2D eigenvalue weighted by molar-refractivity contribution is -0.116. The van der Waals surface area contributed by atoms with Gasteiger partial charge < -0.3 is 10.2 Å². The van der Waals surface area contributed by atoms with Crippen LogP contribution in [0.25, 0.3) is 0 Å². The Labute approximate surface area is 112 Å². The maximum atomic E-state index is 12.1. The summed E-state index contributed by atoms with van der Waals surface area (Å²) < 4.78 is 0. The molecular formula is C14H18N2OS. The van der Waals surface area contributed by atoms with E-state index in [0.717, 1.165) is 25.3 Å². The summed E-state index contributed by atoms with van der Waals surface area (Å²) in [4.78, 5) is 15.4. The van der Waals surface area contributed by atoms with Crippen molar-refractivity contribution >= 4 is 23.4 Å². The number of carbonyl (C=O) groups excluding carboxylic acids is 1. The molecule has 1 fully saturated rings. The smallest absolute Gasteiger partial charge is 0.237 e. The predicted octanol–water partition coefficient (Wildman–Crippen LogP) is 2.04. The van der Waals surface area contributed by atoms with E-state index in [1.54, 1.807) is 11.8 Å². The summed E-state index contributed by atoms with van der Waals surface area (Å²) in [5.41, 5.74) is 2.37. The van der Waals surface area contributed by atoms with Gasteiger partial charge in [0.2, 0.25) is 5.91 Å². The van der Waals surface area contributed by atoms with Gasteiger partial charge in [0.15, 0.2) is 0 Å². The van der Waals surface area contributed by atoms with Crippen LogP contribution in [0, 0.1) is 12.8 Å². The monoisotopic (exact) mass is 262 g/mol. The van der Waals surface area contributed by atoms with E-state index in [9.17, 15) is 4.79 Å². The molecule has 1 aromatic carbocycles. The molecule has 18 heavy (non-hydrogen) atoms. The summed E-state index contributed by atoms with van der Waals surface area (Å²) in [6, 6.07) is 6.38. The number of thioether (sulfide) groups is 1. The molecule has 1 amide bonds. The van der Waals surface area contributed by atoms with E-state index in [4.69, 9.17) is 0 Å². The summed E-state index contributed by atoms with van der Waals surface area (Å²) in [5, 5.41) is 3.37. The molecule has 0 unspecified atom stereocenters. The topological polar surface area (TPSA) is 32.3 Å². The Morgan fingerprint density at radius 3 is 3.17 bits per heavy atom. The van der Waals surface area contributed by atoms with Gasteiger partial charge in [-0.15, -0.1) is 11.8 Å². The summed E-state index contributed by atoms with van der Waals surface area (Å²) in [5.74, 6) is 1.44. The lowest BCUT2D eigenvalue weighted by atomic mass is 10.1. The number of amides is 1. The quantitative estimate of drug-likeness (QED) is 0.885. The number of rotatable bonds is 2. The van der Waals surface area contributed by atoms with E-state index < -0.39 is 0 Å². The molecule has 4 heteroatoms. The third kappa shape index (κ3) is 2.27. The molecule has 2 heterocycles. The molecule has 3 nitrogen and oxygen atoms in total. The minimum absolute atomic E-state index is 0.253. The Balaban J connectivity index is 1.86. The van der Waals surface area contributed by atoms with Gasteiger partial charge in [-0.2, -0.15) is 0 Å². The average Bonchev–Trinajstić information content (AvgIpc) is 2.86. The molecule has 0 aliphatic carbocycles. The van der Waals surface area contributed by atoms with Crippen LogP contribution in [0.4, 0.5) is 5.69 Å². The van der Waals surface area contributed by atoms with Gasteiger partial charge in [0.05, 0.1) is 11.4 Å². The Morgan fingerprint density at radius 2 is 2.39 bits per heavy atom. The Morgan fingerprint density at radius 1 is 1.50 bits per heavy atom. The van der Waals surface area contributed by atoms with Crippen molar-refractivity contribution in [2.45, 2.75) is 18.2 Å². The van der Waals surface area contributed by atoms with Crippen molar-refractivity contribution in [3.05, 3.63) is 23.8 Å². The second-order valence-electron chi connectivity index (χ2n) is 5.12. The van der Waals surface area contributed by atoms with Crippen molar-refractivity contribution < 1.29 is 4.79 Å². The Hall–Kier alpha value is -1.00. The van der Waals surface area contributed by atoms with Gasteiger partial charge in [0.25, 0.3) is 0 Å². The summed E-state index contributed by atoms with van der Waals surface area (Å²) in [6.45, 7) is 5.09. The molecule has 1 saturated heterocycles. The molecule has 0 saturated carbocycles. The predicted molar refractivity (Wildman–Crippen MR) is 75.2 cm³/mol. The van der Waals surface area contributed by atoms with E-state index in [1.807, 2.05) is 4.90 Å². The van der Waals surface area contributed by atoms with Crippen molar-refractivity contribution in [3.63, 3.8) is 0 Å². The van der Waals surface area contributed by atoms with E-state index in [2.05, 4.69) is 30.4 Å². The van der Waals surface area contributed by atoms with Crippen LogP contribution >= 0.6 is 11.8 Å². The van der Waals surface area contributed by atoms with E-state index in [1.165, 1.54) is 16.9 Å². The van der Waals surface area contributed by atoms with Crippen molar-refractivity contribution in [1.82, 2.24) is 5.32 Å². The second-order valence-corrected chi connectivity index (χ2v) is 6.14. The molecule has 96 valence electrons. The highest BCUT2D eigenvalue weighted by molar-refractivity contribution is 8.00. The molecule has 0 bridgehead atoms. The molecular weight excluding hydrogens is 244 g/mol. The number of nitrogens with zero attached hydrogens (tertiary/aromatic N) is 1. The first-order valence-electron chi connectivity index (χ1n) is 6.48. The number of carbonyl (C=O) groups is 1. The zero-order valence-electron chi connectivity index (χ0n) is 10.6. The normalized spacial score (nSPS) is 23.3. The maximum absolute atomic E-state index is 12.1. The molecule has 2 aliphatic rings. The van der Waals surface area contributed by atoms with Gasteiger partial charge in [-0.1, -0.05) is 6.07 Å². The fourth-order valence-corrected chi connectivity index (χ4v) is 3.67. The van der Waals surface area contributed by atoms with E-state index >= 15 is 0 Å². The molecule has 0 spiro atoms. The van der Waals surface area contributed by atoms with Crippen molar-refractivity contribution in [2.75, 3.05) is 30.3 Å². The molecule has 2 aliphatic heterocycles. The van der Waals surface area contributed by atoms with Gasteiger partial charge in [-0.25, -0.2) is 0 Å². The van der Waals surface area contributed by atoms with Crippen LogP contribution < -0.4 is 10.2 Å². The van der Waals surface area contributed by atoms with Gasteiger partial charge in [0.1, 0.15) is 0 Å². The van der Waals surface area contributed by atoms with Crippen LogP contribution in [-0.2, 0) is 4.79 Å². The minimum Gasteiger partial charge on any atom is -0.316 e. The minimum atomic E-state index is 0.253. The number of hydrogen-bond donors (Lipinski definition) is 1. The molecule has 0 aromatic heterocycles. The third-order valence-electron chi connectivity index (χ3n) is 3.66. The third-order valence-corrected chi connectivity index (χ3v) is 4.69. The number of fused-ring (bicyclic) bond motifs is 1. The van der Waals surface area contributed by atoms with Gasteiger partial charge in [-0.05, 0) is 50.0 Å². The van der Waals surface area contributed by atoms with Crippen LogP contribution in [0.2, 0.25) is 0 Å². The van der Waals surface area contributed by atoms with Crippen LogP contribution in [0.3, 0.4) is 0 Å². The van der Waals surface area contributed by atoms with Gasteiger partial charge in [0, 0.05) is 11.4 Å². The highest BCUT2D eigenvalue weighted by atomic mass is 32.2. The number of hydrogen-bond acceptors (Lipinski definition) is 3. The zero-order chi connectivity index (χ0) is 12.5. The first-order valence-corrected chi connectivity index (χ1v) is 7.47. The highest BCUT2D eigenvalue weighted by Crippen LogP contribution is 2.36. The SMILES string of the molecule is Cc1ccc2c(c1)SCC(=O)N2C[C@@H]1CCNC1. The highest BCUT2D eigenvalue weighted by Gasteiger charge is 2.28. The number of nitrogens with one attached hydrogen (secondary N) is 1. The largest absolute Gasteiger partial charge is 0.316 e.